The van der Waals surface area contributed by atoms with Crippen LogP contribution in [0.15, 0.2) is 36.4 Å². The number of hydrogen-bond donors (Lipinski definition) is 1. The normalized spacial score (nSPS) is 14.2. The van der Waals surface area contributed by atoms with E-state index < -0.39 is 0 Å². The van der Waals surface area contributed by atoms with E-state index in [4.69, 9.17) is 16.3 Å². The van der Waals surface area contributed by atoms with Crippen molar-refractivity contribution in [2.75, 3.05) is 0 Å². The zero-order valence-corrected chi connectivity index (χ0v) is 13.2. The van der Waals surface area contributed by atoms with E-state index in [0.29, 0.717) is 6.04 Å². The van der Waals surface area contributed by atoms with Gasteiger partial charge in [0, 0.05) is 23.2 Å². The summed E-state index contributed by atoms with van der Waals surface area (Å²) in [6, 6.07) is 12.7. The molecule has 0 bridgehead atoms. The number of aryl methyl sites for hydroxylation is 2. The molecule has 2 aromatic carbocycles. The van der Waals surface area contributed by atoms with Crippen LogP contribution in [0.5, 0.6) is 11.5 Å². The van der Waals surface area contributed by atoms with E-state index in [2.05, 4.69) is 37.4 Å². The second-order valence-corrected chi connectivity index (χ2v) is 6.21. The van der Waals surface area contributed by atoms with Crippen LogP contribution >= 0.6 is 11.6 Å². The van der Waals surface area contributed by atoms with Crippen LogP contribution in [0, 0.1) is 13.8 Å². The summed E-state index contributed by atoms with van der Waals surface area (Å²) < 4.78 is 6.13. The second-order valence-electron chi connectivity index (χ2n) is 5.78. The Morgan fingerprint density at radius 3 is 2.67 bits per heavy atom. The molecule has 1 fully saturated rings. The van der Waals surface area contributed by atoms with E-state index >= 15 is 0 Å². The molecule has 1 saturated carbocycles. The zero-order valence-electron chi connectivity index (χ0n) is 12.4. The highest BCUT2D eigenvalue weighted by molar-refractivity contribution is 6.30. The van der Waals surface area contributed by atoms with Gasteiger partial charge >= 0.3 is 0 Å². The van der Waals surface area contributed by atoms with Gasteiger partial charge in [-0.05, 0) is 62.1 Å². The van der Waals surface area contributed by atoms with Crippen LogP contribution < -0.4 is 10.1 Å². The van der Waals surface area contributed by atoms with Crippen LogP contribution in [0.3, 0.4) is 0 Å². The minimum absolute atomic E-state index is 0.664. The van der Waals surface area contributed by atoms with Crippen molar-refractivity contribution in [3.8, 4) is 11.5 Å². The molecule has 3 heteroatoms. The van der Waals surface area contributed by atoms with Gasteiger partial charge < -0.3 is 10.1 Å². The lowest BCUT2D eigenvalue weighted by Crippen LogP contribution is -2.15. The number of benzene rings is 2. The highest BCUT2D eigenvalue weighted by atomic mass is 35.5. The average molecular weight is 302 g/mol. The van der Waals surface area contributed by atoms with Gasteiger partial charge in [0.2, 0.25) is 0 Å². The zero-order chi connectivity index (χ0) is 14.8. The first kappa shape index (κ1) is 14.4. The molecule has 2 aromatic rings. The summed E-state index contributed by atoms with van der Waals surface area (Å²) >= 11 is 6.12. The van der Waals surface area contributed by atoms with Gasteiger partial charge in [-0.3, -0.25) is 0 Å². The topological polar surface area (TPSA) is 21.3 Å². The standard InChI is InChI=1S/C18H20ClNO/c1-12-3-4-13(2)18(9-12)21-17-8-5-15(19)10-14(17)11-20-16-6-7-16/h3-5,8-10,16,20H,6-7,11H2,1-2H3. The van der Waals surface area contributed by atoms with Crippen molar-refractivity contribution in [1.29, 1.82) is 0 Å². The van der Waals surface area contributed by atoms with Gasteiger partial charge in [-0.1, -0.05) is 23.7 Å². The third kappa shape index (κ3) is 3.78. The maximum Gasteiger partial charge on any atom is 0.132 e. The minimum atomic E-state index is 0.664. The predicted molar refractivity (Wildman–Crippen MR) is 87.3 cm³/mol. The van der Waals surface area contributed by atoms with Gasteiger partial charge in [-0.2, -0.15) is 0 Å². The van der Waals surface area contributed by atoms with E-state index in [1.165, 1.54) is 18.4 Å². The van der Waals surface area contributed by atoms with Crippen LogP contribution in [0.4, 0.5) is 0 Å². The first-order valence-electron chi connectivity index (χ1n) is 7.39. The molecule has 0 saturated heterocycles. The minimum Gasteiger partial charge on any atom is -0.457 e. The summed E-state index contributed by atoms with van der Waals surface area (Å²) in [6.07, 6.45) is 2.54. The Morgan fingerprint density at radius 1 is 1.10 bits per heavy atom. The molecule has 21 heavy (non-hydrogen) atoms. The Balaban J connectivity index is 1.84. The van der Waals surface area contributed by atoms with E-state index in [1.807, 2.05) is 18.2 Å². The van der Waals surface area contributed by atoms with Gasteiger partial charge in [-0.25, -0.2) is 0 Å². The molecule has 2 nitrogen and oxygen atoms in total. The quantitative estimate of drug-likeness (QED) is 0.839. The summed E-state index contributed by atoms with van der Waals surface area (Å²) in [5.74, 6) is 1.78. The molecule has 0 heterocycles. The number of halogens is 1. The molecule has 0 spiro atoms. The van der Waals surface area contributed by atoms with Gasteiger partial charge in [0.15, 0.2) is 0 Å². The Hall–Kier alpha value is -1.51. The molecule has 3 rings (SSSR count). The average Bonchev–Trinajstić information content (AvgIpc) is 3.27. The smallest absolute Gasteiger partial charge is 0.132 e. The summed E-state index contributed by atoms with van der Waals surface area (Å²) in [7, 11) is 0. The highest BCUT2D eigenvalue weighted by Crippen LogP contribution is 2.31. The second kappa shape index (κ2) is 6.08. The third-order valence-corrected chi connectivity index (χ3v) is 3.98. The molecule has 0 aliphatic heterocycles. The fourth-order valence-corrected chi connectivity index (χ4v) is 2.46. The predicted octanol–water partition coefficient (Wildman–Crippen LogP) is 5.00. The van der Waals surface area contributed by atoms with Crippen molar-refractivity contribution < 1.29 is 4.74 Å². The van der Waals surface area contributed by atoms with Crippen molar-refractivity contribution in [3.63, 3.8) is 0 Å². The largest absolute Gasteiger partial charge is 0.457 e. The lowest BCUT2D eigenvalue weighted by molar-refractivity contribution is 0.468. The number of hydrogen-bond acceptors (Lipinski definition) is 2. The molecular formula is C18H20ClNO. The Bertz CT molecular complexity index is 650. The SMILES string of the molecule is Cc1ccc(C)c(Oc2ccc(Cl)cc2CNC2CC2)c1. The van der Waals surface area contributed by atoms with E-state index in [0.717, 1.165) is 34.2 Å². The van der Waals surface area contributed by atoms with Crippen molar-refractivity contribution in [3.05, 3.63) is 58.1 Å². The Kier molecular flexibility index (Phi) is 4.18. The number of rotatable bonds is 5. The molecule has 0 unspecified atom stereocenters. The molecule has 0 amide bonds. The molecule has 1 aliphatic rings. The molecule has 0 atom stereocenters. The van der Waals surface area contributed by atoms with E-state index in [1.54, 1.807) is 0 Å². The van der Waals surface area contributed by atoms with Gasteiger partial charge in [0.1, 0.15) is 11.5 Å². The number of nitrogens with one attached hydrogen (secondary N) is 1. The van der Waals surface area contributed by atoms with Gasteiger partial charge in [0.05, 0.1) is 0 Å². The first-order valence-corrected chi connectivity index (χ1v) is 7.76. The summed E-state index contributed by atoms with van der Waals surface area (Å²) in [5.41, 5.74) is 3.44. The molecule has 1 N–H and O–H groups in total. The first-order chi connectivity index (χ1) is 10.1. The molecule has 0 aromatic heterocycles. The van der Waals surface area contributed by atoms with Crippen LogP contribution in [0.2, 0.25) is 5.02 Å². The van der Waals surface area contributed by atoms with Crippen LogP contribution in [-0.2, 0) is 6.54 Å². The maximum atomic E-state index is 6.13. The fourth-order valence-electron chi connectivity index (χ4n) is 2.26. The monoisotopic (exact) mass is 301 g/mol. The van der Waals surface area contributed by atoms with Crippen LogP contribution in [0.25, 0.3) is 0 Å². The summed E-state index contributed by atoms with van der Waals surface area (Å²) in [4.78, 5) is 0. The lowest BCUT2D eigenvalue weighted by Gasteiger charge is -2.14. The maximum absolute atomic E-state index is 6.13. The lowest BCUT2D eigenvalue weighted by atomic mass is 10.1. The summed E-state index contributed by atoms with van der Waals surface area (Å²) in [6.45, 7) is 4.93. The van der Waals surface area contributed by atoms with Crippen molar-refractivity contribution in [2.45, 2.75) is 39.3 Å². The molecule has 1 aliphatic carbocycles. The molecule has 110 valence electrons. The van der Waals surface area contributed by atoms with Gasteiger partial charge in [0.25, 0.3) is 0 Å². The summed E-state index contributed by atoms with van der Waals surface area (Å²) in [5, 5.41) is 4.26. The number of ether oxygens (including phenoxy) is 1. The van der Waals surface area contributed by atoms with Crippen molar-refractivity contribution >= 4 is 11.6 Å². The van der Waals surface area contributed by atoms with Crippen molar-refractivity contribution in [1.82, 2.24) is 5.32 Å². The fraction of sp³-hybridized carbons (Fsp3) is 0.333. The third-order valence-electron chi connectivity index (χ3n) is 3.74. The molecular weight excluding hydrogens is 282 g/mol. The van der Waals surface area contributed by atoms with Crippen LogP contribution in [0.1, 0.15) is 29.5 Å². The Labute approximate surface area is 131 Å². The van der Waals surface area contributed by atoms with Crippen molar-refractivity contribution in [2.24, 2.45) is 0 Å². The van der Waals surface area contributed by atoms with Gasteiger partial charge in [-0.15, -0.1) is 0 Å². The van der Waals surface area contributed by atoms with E-state index in [-0.39, 0.29) is 0 Å². The molecule has 0 radical (unpaired) electrons. The Morgan fingerprint density at radius 2 is 1.90 bits per heavy atom. The van der Waals surface area contributed by atoms with E-state index in [9.17, 15) is 0 Å². The highest BCUT2D eigenvalue weighted by Gasteiger charge is 2.20. The van der Waals surface area contributed by atoms with Crippen LogP contribution in [-0.4, -0.2) is 6.04 Å².